The van der Waals surface area contributed by atoms with Gasteiger partial charge in [-0.3, -0.25) is 4.79 Å². The maximum absolute atomic E-state index is 13.0. The summed E-state index contributed by atoms with van der Waals surface area (Å²) in [7, 11) is 0. The van der Waals surface area contributed by atoms with Gasteiger partial charge in [0.05, 0.1) is 6.42 Å². The molecule has 0 aromatic heterocycles. The van der Waals surface area contributed by atoms with Gasteiger partial charge in [-0.1, -0.05) is 19.9 Å². The van der Waals surface area contributed by atoms with Gasteiger partial charge in [-0.15, -0.1) is 11.6 Å². The van der Waals surface area contributed by atoms with Crippen molar-refractivity contribution in [1.29, 1.82) is 0 Å². The van der Waals surface area contributed by atoms with Crippen LogP contribution in [0, 0.1) is 17.0 Å². The number of hydrogen-bond acceptors (Lipinski definition) is 1. The molecule has 5 heteroatoms. The van der Waals surface area contributed by atoms with Crippen LogP contribution < -0.4 is 5.32 Å². The largest absolute Gasteiger partial charge is 0.355 e. The molecular formula is C15H20ClF2NO. The topological polar surface area (TPSA) is 29.1 Å². The minimum absolute atomic E-state index is 0.0292. The number of rotatable bonds is 7. The van der Waals surface area contributed by atoms with Crippen LogP contribution in [-0.4, -0.2) is 18.3 Å². The second-order valence-electron chi connectivity index (χ2n) is 5.66. The van der Waals surface area contributed by atoms with Crippen LogP contribution in [0.25, 0.3) is 0 Å². The van der Waals surface area contributed by atoms with Crippen molar-refractivity contribution in [2.24, 2.45) is 5.41 Å². The summed E-state index contributed by atoms with van der Waals surface area (Å²) in [5.41, 5.74) is 0.429. The van der Waals surface area contributed by atoms with Crippen molar-refractivity contribution >= 4 is 17.5 Å². The Morgan fingerprint density at radius 2 is 2.00 bits per heavy atom. The Morgan fingerprint density at radius 3 is 2.60 bits per heavy atom. The number of alkyl halides is 1. The summed E-state index contributed by atoms with van der Waals surface area (Å²) in [5, 5.41) is 2.82. The Balaban J connectivity index is 2.45. The normalized spacial score (nSPS) is 11.4. The lowest BCUT2D eigenvalue weighted by Crippen LogP contribution is -2.35. The van der Waals surface area contributed by atoms with Crippen molar-refractivity contribution in [1.82, 2.24) is 5.32 Å². The first-order valence-electron chi connectivity index (χ1n) is 6.61. The molecule has 0 atom stereocenters. The van der Waals surface area contributed by atoms with E-state index in [1.54, 1.807) is 0 Å². The first-order chi connectivity index (χ1) is 9.34. The molecule has 0 bridgehead atoms. The van der Waals surface area contributed by atoms with Gasteiger partial charge in [0, 0.05) is 12.4 Å². The summed E-state index contributed by atoms with van der Waals surface area (Å²) in [6, 6.07) is 3.49. The number of hydrogen-bond donors (Lipinski definition) is 1. The molecule has 0 saturated heterocycles. The van der Waals surface area contributed by atoms with E-state index in [9.17, 15) is 13.6 Å². The highest BCUT2D eigenvalue weighted by Gasteiger charge is 2.18. The summed E-state index contributed by atoms with van der Waals surface area (Å²) < 4.78 is 25.8. The third-order valence-electron chi connectivity index (χ3n) is 3.10. The third kappa shape index (κ3) is 5.87. The van der Waals surface area contributed by atoms with E-state index in [-0.39, 0.29) is 17.7 Å². The van der Waals surface area contributed by atoms with Crippen LogP contribution >= 0.6 is 11.6 Å². The van der Waals surface area contributed by atoms with Gasteiger partial charge in [-0.2, -0.15) is 0 Å². The highest BCUT2D eigenvalue weighted by atomic mass is 35.5. The minimum atomic E-state index is -0.933. The molecule has 0 saturated carbocycles. The summed E-state index contributed by atoms with van der Waals surface area (Å²) in [5.74, 6) is -1.43. The molecule has 0 aliphatic carbocycles. The van der Waals surface area contributed by atoms with Gasteiger partial charge in [-0.05, 0) is 36.0 Å². The molecule has 1 aromatic rings. The Hall–Kier alpha value is -1.16. The zero-order valence-electron chi connectivity index (χ0n) is 11.8. The predicted molar refractivity (Wildman–Crippen MR) is 76.8 cm³/mol. The van der Waals surface area contributed by atoms with E-state index in [1.807, 2.05) is 0 Å². The number of amides is 1. The number of nitrogens with one attached hydrogen (secondary N) is 1. The van der Waals surface area contributed by atoms with Crippen molar-refractivity contribution in [3.8, 4) is 0 Å². The van der Waals surface area contributed by atoms with Crippen molar-refractivity contribution in [2.45, 2.75) is 33.1 Å². The second kappa shape index (κ2) is 7.58. The summed E-state index contributed by atoms with van der Waals surface area (Å²) in [6.07, 6.45) is 1.86. The second-order valence-corrected chi connectivity index (χ2v) is 6.04. The standard InChI is InChI=1S/C15H20ClF2NO/c1-15(2,6-3-7-16)10-19-14(20)9-11-4-5-12(17)13(18)8-11/h4-5,8H,3,6-7,9-10H2,1-2H3,(H,19,20). The Kier molecular flexibility index (Phi) is 6.40. The van der Waals surface area contributed by atoms with Crippen molar-refractivity contribution in [3.63, 3.8) is 0 Å². The van der Waals surface area contributed by atoms with Gasteiger partial charge in [-0.25, -0.2) is 8.78 Å². The van der Waals surface area contributed by atoms with Gasteiger partial charge in [0.25, 0.3) is 0 Å². The van der Waals surface area contributed by atoms with Gasteiger partial charge in [0.1, 0.15) is 0 Å². The van der Waals surface area contributed by atoms with E-state index in [4.69, 9.17) is 11.6 Å². The average molecular weight is 304 g/mol. The van der Waals surface area contributed by atoms with Crippen molar-refractivity contribution in [2.75, 3.05) is 12.4 Å². The highest BCUT2D eigenvalue weighted by molar-refractivity contribution is 6.17. The first-order valence-corrected chi connectivity index (χ1v) is 7.14. The smallest absolute Gasteiger partial charge is 0.224 e. The van der Waals surface area contributed by atoms with Gasteiger partial charge < -0.3 is 5.32 Å². The SMILES string of the molecule is CC(C)(CCCCl)CNC(=O)Cc1ccc(F)c(F)c1. The van der Waals surface area contributed by atoms with E-state index in [1.165, 1.54) is 6.07 Å². The number of carbonyl (C=O) groups is 1. The Morgan fingerprint density at radius 1 is 1.30 bits per heavy atom. The minimum Gasteiger partial charge on any atom is -0.355 e. The molecule has 1 N–H and O–H groups in total. The van der Waals surface area contributed by atoms with Crippen LogP contribution in [0.5, 0.6) is 0 Å². The molecule has 20 heavy (non-hydrogen) atoms. The van der Waals surface area contributed by atoms with E-state index >= 15 is 0 Å². The van der Waals surface area contributed by atoms with Crippen LogP contribution in [0.2, 0.25) is 0 Å². The third-order valence-corrected chi connectivity index (χ3v) is 3.37. The van der Waals surface area contributed by atoms with Gasteiger partial charge in [0.15, 0.2) is 11.6 Å². The maximum atomic E-state index is 13.0. The highest BCUT2D eigenvalue weighted by Crippen LogP contribution is 2.21. The summed E-state index contributed by atoms with van der Waals surface area (Å²) in [4.78, 5) is 11.8. The van der Waals surface area contributed by atoms with Crippen LogP contribution in [0.4, 0.5) is 8.78 Å². The van der Waals surface area contributed by atoms with Gasteiger partial charge in [0.2, 0.25) is 5.91 Å². The zero-order valence-corrected chi connectivity index (χ0v) is 12.6. The van der Waals surface area contributed by atoms with E-state index in [0.29, 0.717) is 18.0 Å². The molecule has 0 spiro atoms. The molecule has 0 aliphatic heterocycles. The molecule has 0 fully saturated rings. The number of halogens is 3. The summed E-state index contributed by atoms with van der Waals surface area (Å²) in [6.45, 7) is 4.64. The molecule has 0 radical (unpaired) electrons. The average Bonchev–Trinajstić information content (AvgIpc) is 2.39. The number of carbonyl (C=O) groups excluding carboxylic acids is 1. The van der Waals surface area contributed by atoms with Crippen molar-refractivity contribution in [3.05, 3.63) is 35.4 Å². The molecule has 0 heterocycles. The van der Waals surface area contributed by atoms with Crippen LogP contribution in [0.15, 0.2) is 18.2 Å². The number of benzene rings is 1. The fourth-order valence-corrected chi connectivity index (χ4v) is 2.00. The van der Waals surface area contributed by atoms with Crippen molar-refractivity contribution < 1.29 is 13.6 Å². The van der Waals surface area contributed by atoms with E-state index in [2.05, 4.69) is 19.2 Å². The fraction of sp³-hybridized carbons (Fsp3) is 0.533. The lowest BCUT2D eigenvalue weighted by atomic mass is 9.88. The van der Waals surface area contributed by atoms with E-state index in [0.717, 1.165) is 25.0 Å². The lowest BCUT2D eigenvalue weighted by molar-refractivity contribution is -0.120. The molecule has 1 amide bonds. The fourth-order valence-electron chi connectivity index (χ4n) is 1.87. The molecule has 1 aromatic carbocycles. The molecule has 0 aliphatic rings. The quantitative estimate of drug-likeness (QED) is 0.765. The Bertz CT molecular complexity index is 463. The van der Waals surface area contributed by atoms with Crippen LogP contribution in [0.1, 0.15) is 32.3 Å². The predicted octanol–water partition coefficient (Wildman–Crippen LogP) is 3.67. The molecule has 112 valence electrons. The summed E-state index contributed by atoms with van der Waals surface area (Å²) >= 11 is 5.65. The molecule has 1 rings (SSSR count). The molecule has 2 nitrogen and oxygen atoms in total. The van der Waals surface area contributed by atoms with Crippen LogP contribution in [-0.2, 0) is 11.2 Å². The first kappa shape index (κ1) is 16.9. The van der Waals surface area contributed by atoms with Crippen LogP contribution in [0.3, 0.4) is 0 Å². The van der Waals surface area contributed by atoms with E-state index < -0.39 is 11.6 Å². The van der Waals surface area contributed by atoms with Gasteiger partial charge >= 0.3 is 0 Å². The molecule has 0 unspecified atom stereocenters. The zero-order chi connectivity index (χ0) is 15.2. The maximum Gasteiger partial charge on any atom is 0.224 e. The Labute approximate surface area is 123 Å². The molecular weight excluding hydrogens is 284 g/mol. The monoisotopic (exact) mass is 303 g/mol. The lowest BCUT2D eigenvalue weighted by Gasteiger charge is -2.24.